The van der Waals surface area contributed by atoms with Crippen LogP contribution < -0.4 is 10.1 Å². The van der Waals surface area contributed by atoms with Crippen LogP contribution in [0.1, 0.15) is 26.7 Å². The zero-order chi connectivity index (χ0) is 17.1. The highest BCUT2D eigenvalue weighted by Gasteiger charge is 2.12. The normalized spacial score (nSPS) is 12.2. The molecule has 0 aliphatic heterocycles. The first kappa shape index (κ1) is 19.4. The standard InChI is InChI=1S/C17H28N2O4/c1-3-4-9-19(10-11-20)12-16(22)13-23-17-7-5-15(6-8-17)18-14(2)21/h5-8,16,20,22H,3-4,9-13H2,1-2H3,(H,18,21)/t16-/m1/s1. The third-order valence-electron chi connectivity index (χ3n) is 3.33. The van der Waals surface area contributed by atoms with Gasteiger partial charge in [-0.05, 0) is 37.2 Å². The van der Waals surface area contributed by atoms with Crippen molar-refractivity contribution >= 4 is 11.6 Å². The topological polar surface area (TPSA) is 82.0 Å². The Labute approximate surface area is 138 Å². The average Bonchev–Trinajstić information content (AvgIpc) is 2.51. The van der Waals surface area contributed by atoms with Gasteiger partial charge in [0.15, 0.2) is 0 Å². The smallest absolute Gasteiger partial charge is 0.221 e. The molecular formula is C17H28N2O4. The Morgan fingerprint density at radius 1 is 1.30 bits per heavy atom. The molecule has 0 heterocycles. The molecule has 0 bridgehead atoms. The third-order valence-corrected chi connectivity index (χ3v) is 3.33. The van der Waals surface area contributed by atoms with Crippen molar-refractivity contribution in [2.24, 2.45) is 0 Å². The van der Waals surface area contributed by atoms with Gasteiger partial charge in [-0.1, -0.05) is 13.3 Å². The van der Waals surface area contributed by atoms with E-state index >= 15 is 0 Å². The van der Waals surface area contributed by atoms with E-state index in [0.717, 1.165) is 19.4 Å². The van der Waals surface area contributed by atoms with Crippen LogP contribution in [0.15, 0.2) is 24.3 Å². The van der Waals surface area contributed by atoms with Crippen LogP contribution in [0.2, 0.25) is 0 Å². The van der Waals surface area contributed by atoms with Crippen LogP contribution in [0.5, 0.6) is 5.75 Å². The molecule has 0 saturated carbocycles. The van der Waals surface area contributed by atoms with Crippen LogP contribution >= 0.6 is 0 Å². The summed E-state index contributed by atoms with van der Waals surface area (Å²) in [5.74, 6) is 0.519. The van der Waals surface area contributed by atoms with E-state index in [1.165, 1.54) is 6.92 Å². The molecule has 1 aromatic rings. The summed E-state index contributed by atoms with van der Waals surface area (Å²) in [4.78, 5) is 13.0. The fourth-order valence-electron chi connectivity index (χ4n) is 2.20. The van der Waals surface area contributed by atoms with Crippen molar-refractivity contribution in [3.8, 4) is 5.75 Å². The third kappa shape index (κ3) is 8.54. The van der Waals surface area contributed by atoms with Gasteiger partial charge in [0.1, 0.15) is 18.5 Å². The summed E-state index contributed by atoms with van der Waals surface area (Å²) in [6.07, 6.45) is 1.50. The summed E-state index contributed by atoms with van der Waals surface area (Å²) in [7, 11) is 0. The van der Waals surface area contributed by atoms with Gasteiger partial charge in [0.25, 0.3) is 0 Å². The maximum Gasteiger partial charge on any atom is 0.221 e. The molecule has 6 heteroatoms. The molecule has 0 radical (unpaired) electrons. The van der Waals surface area contributed by atoms with Gasteiger partial charge >= 0.3 is 0 Å². The number of nitrogens with zero attached hydrogens (tertiary/aromatic N) is 1. The SMILES string of the molecule is CCCCN(CCO)C[C@@H](O)COc1ccc(NC(C)=O)cc1. The van der Waals surface area contributed by atoms with Gasteiger partial charge in [0.2, 0.25) is 5.91 Å². The minimum absolute atomic E-state index is 0.0852. The molecule has 3 N–H and O–H groups in total. The van der Waals surface area contributed by atoms with Gasteiger partial charge < -0.3 is 20.3 Å². The van der Waals surface area contributed by atoms with Crippen molar-refractivity contribution in [2.75, 3.05) is 38.2 Å². The zero-order valence-electron chi connectivity index (χ0n) is 14.0. The largest absolute Gasteiger partial charge is 0.491 e. The number of amides is 1. The molecule has 6 nitrogen and oxygen atoms in total. The number of hydrogen-bond donors (Lipinski definition) is 3. The molecule has 23 heavy (non-hydrogen) atoms. The molecular weight excluding hydrogens is 296 g/mol. The second-order valence-corrected chi connectivity index (χ2v) is 5.55. The lowest BCUT2D eigenvalue weighted by Crippen LogP contribution is -2.37. The molecule has 0 fully saturated rings. The molecule has 1 aromatic carbocycles. The van der Waals surface area contributed by atoms with Crippen LogP contribution in [0.4, 0.5) is 5.69 Å². The van der Waals surface area contributed by atoms with Crippen molar-refractivity contribution in [3.63, 3.8) is 0 Å². The van der Waals surface area contributed by atoms with Gasteiger partial charge in [0, 0.05) is 25.7 Å². The highest BCUT2D eigenvalue weighted by atomic mass is 16.5. The minimum atomic E-state index is -0.617. The summed E-state index contributed by atoms with van der Waals surface area (Å²) < 4.78 is 5.56. The maximum absolute atomic E-state index is 10.9. The number of hydrogen-bond acceptors (Lipinski definition) is 5. The monoisotopic (exact) mass is 324 g/mol. The summed E-state index contributed by atoms with van der Waals surface area (Å²) in [5.41, 5.74) is 0.707. The van der Waals surface area contributed by atoms with Crippen LogP contribution in [-0.4, -0.2) is 60.0 Å². The average molecular weight is 324 g/mol. The lowest BCUT2D eigenvalue weighted by atomic mass is 10.2. The highest BCUT2D eigenvalue weighted by Crippen LogP contribution is 2.15. The van der Waals surface area contributed by atoms with E-state index in [-0.39, 0.29) is 19.1 Å². The quantitative estimate of drug-likeness (QED) is 0.574. The number of benzene rings is 1. The molecule has 0 unspecified atom stereocenters. The maximum atomic E-state index is 10.9. The van der Waals surface area contributed by atoms with Crippen LogP contribution in [-0.2, 0) is 4.79 Å². The first-order valence-electron chi connectivity index (χ1n) is 8.07. The zero-order valence-corrected chi connectivity index (χ0v) is 14.0. The van der Waals surface area contributed by atoms with Crippen LogP contribution in [0.25, 0.3) is 0 Å². The van der Waals surface area contributed by atoms with E-state index in [4.69, 9.17) is 9.84 Å². The number of carbonyl (C=O) groups excluding carboxylic acids is 1. The number of anilines is 1. The summed E-state index contributed by atoms with van der Waals surface area (Å²) in [6, 6.07) is 7.01. The predicted molar refractivity (Wildman–Crippen MR) is 90.7 cm³/mol. The molecule has 0 aliphatic carbocycles. The molecule has 0 spiro atoms. The summed E-state index contributed by atoms with van der Waals surface area (Å²) in [5, 5.41) is 21.8. The van der Waals surface area contributed by atoms with Crippen molar-refractivity contribution in [2.45, 2.75) is 32.8 Å². The number of rotatable bonds is 11. The first-order chi connectivity index (χ1) is 11.0. The summed E-state index contributed by atoms with van der Waals surface area (Å²) in [6.45, 7) is 5.74. The Hall–Kier alpha value is -1.63. The lowest BCUT2D eigenvalue weighted by Gasteiger charge is -2.24. The fraction of sp³-hybridized carbons (Fsp3) is 0.588. The van der Waals surface area contributed by atoms with Gasteiger partial charge in [-0.2, -0.15) is 0 Å². The van der Waals surface area contributed by atoms with E-state index in [0.29, 0.717) is 24.5 Å². The van der Waals surface area contributed by atoms with Gasteiger partial charge in [-0.3, -0.25) is 9.69 Å². The number of nitrogens with one attached hydrogen (secondary N) is 1. The Balaban J connectivity index is 2.38. The number of aliphatic hydroxyl groups is 2. The van der Waals surface area contributed by atoms with Crippen molar-refractivity contribution < 1.29 is 19.7 Å². The summed E-state index contributed by atoms with van der Waals surface area (Å²) >= 11 is 0. The Morgan fingerprint density at radius 3 is 2.57 bits per heavy atom. The van der Waals surface area contributed by atoms with E-state index < -0.39 is 6.10 Å². The molecule has 1 amide bonds. The molecule has 1 rings (SSSR count). The number of unbranched alkanes of at least 4 members (excludes halogenated alkanes) is 1. The molecule has 0 saturated heterocycles. The Bertz CT molecular complexity index is 450. The van der Waals surface area contributed by atoms with Gasteiger partial charge in [-0.15, -0.1) is 0 Å². The van der Waals surface area contributed by atoms with Gasteiger partial charge in [-0.25, -0.2) is 0 Å². The highest BCUT2D eigenvalue weighted by molar-refractivity contribution is 5.88. The number of ether oxygens (including phenoxy) is 1. The number of aliphatic hydroxyl groups excluding tert-OH is 2. The van der Waals surface area contributed by atoms with E-state index in [2.05, 4.69) is 12.2 Å². The van der Waals surface area contributed by atoms with E-state index in [1.54, 1.807) is 24.3 Å². The van der Waals surface area contributed by atoms with E-state index in [9.17, 15) is 9.90 Å². The molecule has 1 atom stereocenters. The molecule has 0 aromatic heterocycles. The second-order valence-electron chi connectivity index (χ2n) is 5.55. The predicted octanol–water partition coefficient (Wildman–Crippen LogP) is 1.48. The lowest BCUT2D eigenvalue weighted by molar-refractivity contribution is -0.114. The first-order valence-corrected chi connectivity index (χ1v) is 8.07. The second kappa shape index (κ2) is 11.0. The Morgan fingerprint density at radius 2 is 2.00 bits per heavy atom. The molecule has 0 aliphatic rings. The Kier molecular flexibility index (Phi) is 9.28. The van der Waals surface area contributed by atoms with Crippen molar-refractivity contribution in [3.05, 3.63) is 24.3 Å². The van der Waals surface area contributed by atoms with Crippen LogP contribution in [0, 0.1) is 0 Å². The van der Waals surface area contributed by atoms with Crippen LogP contribution in [0.3, 0.4) is 0 Å². The fourth-order valence-corrected chi connectivity index (χ4v) is 2.20. The van der Waals surface area contributed by atoms with Crippen molar-refractivity contribution in [1.29, 1.82) is 0 Å². The molecule has 130 valence electrons. The van der Waals surface area contributed by atoms with Crippen molar-refractivity contribution in [1.82, 2.24) is 4.90 Å². The minimum Gasteiger partial charge on any atom is -0.491 e. The number of carbonyl (C=O) groups is 1. The van der Waals surface area contributed by atoms with E-state index in [1.807, 2.05) is 4.90 Å². The van der Waals surface area contributed by atoms with Gasteiger partial charge in [0.05, 0.1) is 6.61 Å².